The third-order valence-corrected chi connectivity index (χ3v) is 4.11. The molecule has 3 aromatic rings. The van der Waals surface area contributed by atoms with Crippen molar-refractivity contribution in [2.45, 2.75) is 6.42 Å². The van der Waals surface area contributed by atoms with E-state index in [0.717, 1.165) is 5.56 Å². The molecule has 0 amide bonds. The van der Waals surface area contributed by atoms with Crippen molar-refractivity contribution in [3.05, 3.63) is 63.4 Å². The molecule has 6 heteroatoms. The lowest BCUT2D eigenvalue weighted by Crippen LogP contribution is -1.92. The summed E-state index contributed by atoms with van der Waals surface area (Å²) < 4.78 is 13.3. The third-order valence-electron chi connectivity index (χ3n) is 3.53. The summed E-state index contributed by atoms with van der Waals surface area (Å²) in [5.74, 6) is -0.391. The number of hydrogen-bond donors (Lipinski definition) is 2. The molecule has 0 aliphatic heterocycles. The molecule has 2 N–H and O–H groups in total. The highest BCUT2D eigenvalue weighted by atomic mass is 35.5. The maximum Gasteiger partial charge on any atom is 0.198 e. The van der Waals surface area contributed by atoms with Gasteiger partial charge in [-0.1, -0.05) is 29.3 Å². The third kappa shape index (κ3) is 3.49. The van der Waals surface area contributed by atoms with Crippen LogP contribution in [-0.4, -0.2) is 22.8 Å². The van der Waals surface area contributed by atoms with Crippen LogP contribution in [0.5, 0.6) is 5.88 Å². The normalized spacial score (nSPS) is 11.6. The maximum atomic E-state index is 13.3. The number of aromatic hydroxyl groups is 1. The zero-order chi connectivity index (χ0) is 16.4. The molecule has 0 atom stereocenters. The molecule has 3 rings (SSSR count). The van der Waals surface area contributed by atoms with E-state index in [1.165, 1.54) is 18.3 Å². The zero-order valence-electron chi connectivity index (χ0n) is 12.0. The van der Waals surface area contributed by atoms with Gasteiger partial charge in [0.2, 0.25) is 0 Å². The quantitative estimate of drug-likeness (QED) is 0.640. The van der Waals surface area contributed by atoms with E-state index in [1.807, 2.05) is 6.07 Å². The summed E-state index contributed by atoms with van der Waals surface area (Å²) in [5.41, 5.74) is 2.08. The van der Waals surface area contributed by atoms with Crippen molar-refractivity contribution < 1.29 is 9.50 Å². The van der Waals surface area contributed by atoms with E-state index in [9.17, 15) is 9.50 Å². The minimum atomic E-state index is -0.362. The number of aliphatic imine (C=N–C) groups is 1. The standard InChI is InChI=1S/C17H13Cl2FN2O/c18-11-2-1-10(15(19)7-11)5-6-21-9-14-13-8-12(20)3-4-16(13)22-17(14)23/h1-4,7-9,22-23H,5-6H2. The Kier molecular flexibility index (Phi) is 4.55. The Morgan fingerprint density at radius 3 is 2.78 bits per heavy atom. The number of nitrogens with zero attached hydrogens (tertiary/aromatic N) is 1. The van der Waals surface area contributed by atoms with Crippen molar-refractivity contribution in [3.63, 3.8) is 0 Å². The van der Waals surface area contributed by atoms with Gasteiger partial charge in [-0.15, -0.1) is 0 Å². The number of nitrogens with one attached hydrogen (secondary N) is 1. The molecule has 0 radical (unpaired) electrons. The lowest BCUT2D eigenvalue weighted by molar-refractivity contribution is 0.457. The minimum Gasteiger partial charge on any atom is -0.494 e. The molecule has 0 saturated carbocycles. The highest BCUT2D eigenvalue weighted by Crippen LogP contribution is 2.26. The number of rotatable bonds is 4. The van der Waals surface area contributed by atoms with E-state index < -0.39 is 0 Å². The first-order valence-electron chi connectivity index (χ1n) is 6.98. The van der Waals surface area contributed by atoms with Crippen molar-refractivity contribution in [3.8, 4) is 5.88 Å². The summed E-state index contributed by atoms with van der Waals surface area (Å²) in [7, 11) is 0. The number of fused-ring (bicyclic) bond motifs is 1. The fraction of sp³-hybridized carbons (Fsp3) is 0.118. The Morgan fingerprint density at radius 2 is 2.00 bits per heavy atom. The molecular weight excluding hydrogens is 338 g/mol. The van der Waals surface area contributed by atoms with Gasteiger partial charge in [0.25, 0.3) is 0 Å². The van der Waals surface area contributed by atoms with Crippen LogP contribution < -0.4 is 0 Å². The monoisotopic (exact) mass is 350 g/mol. The summed E-state index contributed by atoms with van der Waals surface area (Å²) in [6.45, 7) is 0.489. The van der Waals surface area contributed by atoms with E-state index in [-0.39, 0.29) is 11.7 Å². The van der Waals surface area contributed by atoms with Gasteiger partial charge in [0.15, 0.2) is 5.88 Å². The second-order valence-electron chi connectivity index (χ2n) is 5.10. The Labute approximate surface area is 142 Å². The molecule has 0 spiro atoms. The number of aromatic amines is 1. The van der Waals surface area contributed by atoms with Gasteiger partial charge in [0.05, 0.1) is 5.56 Å². The molecule has 0 bridgehead atoms. The fourth-order valence-electron chi connectivity index (χ4n) is 2.37. The van der Waals surface area contributed by atoms with Gasteiger partial charge in [-0.2, -0.15) is 0 Å². The predicted molar refractivity (Wildman–Crippen MR) is 92.5 cm³/mol. The maximum absolute atomic E-state index is 13.3. The van der Waals surface area contributed by atoms with Crippen molar-refractivity contribution in [1.29, 1.82) is 0 Å². The highest BCUT2D eigenvalue weighted by Gasteiger charge is 2.09. The smallest absolute Gasteiger partial charge is 0.198 e. The SMILES string of the molecule is Oc1[nH]c2ccc(F)cc2c1C=NCCc1ccc(Cl)cc1Cl. The van der Waals surface area contributed by atoms with Gasteiger partial charge in [0, 0.05) is 33.7 Å². The van der Waals surface area contributed by atoms with Gasteiger partial charge < -0.3 is 10.1 Å². The number of halogens is 3. The second kappa shape index (κ2) is 6.60. The average Bonchev–Trinajstić information content (AvgIpc) is 2.81. The van der Waals surface area contributed by atoms with Gasteiger partial charge >= 0.3 is 0 Å². The first kappa shape index (κ1) is 15.8. The number of hydrogen-bond acceptors (Lipinski definition) is 2. The van der Waals surface area contributed by atoms with E-state index in [0.29, 0.717) is 39.5 Å². The lowest BCUT2D eigenvalue weighted by Gasteiger charge is -2.02. The summed E-state index contributed by atoms with van der Waals surface area (Å²) in [6.07, 6.45) is 2.18. The van der Waals surface area contributed by atoms with Gasteiger partial charge in [-0.25, -0.2) is 4.39 Å². The van der Waals surface area contributed by atoms with Crippen LogP contribution in [0, 0.1) is 5.82 Å². The molecule has 0 fully saturated rings. The van der Waals surface area contributed by atoms with Crippen LogP contribution in [-0.2, 0) is 6.42 Å². The molecule has 1 heterocycles. The van der Waals surface area contributed by atoms with Gasteiger partial charge in [-0.05, 0) is 42.3 Å². The second-order valence-corrected chi connectivity index (χ2v) is 5.94. The summed E-state index contributed by atoms with van der Waals surface area (Å²) >= 11 is 12.0. The van der Waals surface area contributed by atoms with Crippen LogP contribution in [0.3, 0.4) is 0 Å². The van der Waals surface area contributed by atoms with Crippen LogP contribution in [0.2, 0.25) is 10.0 Å². The first-order valence-corrected chi connectivity index (χ1v) is 7.74. The topological polar surface area (TPSA) is 48.4 Å². The number of benzene rings is 2. The lowest BCUT2D eigenvalue weighted by atomic mass is 10.1. The molecular formula is C17H13Cl2FN2O. The predicted octanol–water partition coefficient (Wildman–Crippen LogP) is 4.98. The van der Waals surface area contributed by atoms with Crippen molar-refractivity contribution in [2.75, 3.05) is 6.54 Å². The molecule has 0 aliphatic rings. The van der Waals surface area contributed by atoms with Crippen LogP contribution in [0.4, 0.5) is 4.39 Å². The Hall–Kier alpha value is -2.04. The minimum absolute atomic E-state index is 0.0288. The molecule has 0 aliphatic carbocycles. The molecule has 3 nitrogen and oxygen atoms in total. The summed E-state index contributed by atoms with van der Waals surface area (Å²) in [4.78, 5) is 7.08. The fourth-order valence-corrected chi connectivity index (χ4v) is 2.87. The largest absolute Gasteiger partial charge is 0.494 e. The molecule has 118 valence electrons. The molecule has 1 aromatic heterocycles. The Balaban J connectivity index is 1.75. The summed E-state index contributed by atoms with van der Waals surface area (Å²) in [6, 6.07) is 9.61. The molecule has 23 heavy (non-hydrogen) atoms. The van der Waals surface area contributed by atoms with Crippen molar-refractivity contribution in [1.82, 2.24) is 4.98 Å². The average molecular weight is 351 g/mol. The van der Waals surface area contributed by atoms with Gasteiger partial charge in [0.1, 0.15) is 5.82 Å². The van der Waals surface area contributed by atoms with E-state index in [2.05, 4.69) is 9.98 Å². The van der Waals surface area contributed by atoms with Crippen LogP contribution in [0.15, 0.2) is 41.4 Å². The van der Waals surface area contributed by atoms with E-state index >= 15 is 0 Å². The van der Waals surface area contributed by atoms with Gasteiger partial charge in [-0.3, -0.25) is 4.99 Å². The molecule has 0 unspecified atom stereocenters. The highest BCUT2D eigenvalue weighted by molar-refractivity contribution is 6.35. The number of H-pyrrole nitrogens is 1. The molecule has 0 saturated heterocycles. The molecule has 2 aromatic carbocycles. The Bertz CT molecular complexity index is 890. The van der Waals surface area contributed by atoms with Crippen molar-refractivity contribution >= 4 is 40.3 Å². The first-order chi connectivity index (χ1) is 11.0. The van der Waals surface area contributed by atoms with Crippen LogP contribution in [0.1, 0.15) is 11.1 Å². The van der Waals surface area contributed by atoms with E-state index in [1.54, 1.807) is 18.2 Å². The van der Waals surface area contributed by atoms with Crippen LogP contribution in [0.25, 0.3) is 10.9 Å². The van der Waals surface area contributed by atoms with Crippen molar-refractivity contribution in [2.24, 2.45) is 4.99 Å². The zero-order valence-corrected chi connectivity index (χ0v) is 13.5. The summed E-state index contributed by atoms with van der Waals surface area (Å²) in [5, 5.41) is 11.7. The van der Waals surface area contributed by atoms with Crippen LogP contribution >= 0.6 is 23.2 Å². The number of aromatic nitrogens is 1. The van der Waals surface area contributed by atoms with E-state index in [4.69, 9.17) is 23.2 Å². The Morgan fingerprint density at radius 1 is 1.17 bits per heavy atom.